The summed E-state index contributed by atoms with van der Waals surface area (Å²) in [4.78, 5) is 4.70. The third-order valence-corrected chi connectivity index (χ3v) is 4.37. The van der Waals surface area contributed by atoms with Crippen molar-refractivity contribution in [2.45, 2.75) is 32.6 Å². The van der Waals surface area contributed by atoms with Gasteiger partial charge in [0.1, 0.15) is 11.9 Å². The largest absolute Gasteiger partial charge is 0.339 e. The Morgan fingerprint density at radius 3 is 2.86 bits per heavy atom. The van der Waals surface area contributed by atoms with Crippen molar-refractivity contribution in [2.75, 3.05) is 5.32 Å². The lowest BCUT2D eigenvalue weighted by molar-refractivity contribution is 0.668. The van der Waals surface area contributed by atoms with E-state index in [1.165, 1.54) is 18.4 Å². The zero-order valence-corrected chi connectivity index (χ0v) is 13.5. The van der Waals surface area contributed by atoms with Gasteiger partial charge in [0.25, 0.3) is 0 Å². The lowest BCUT2D eigenvalue weighted by atomic mass is 9.95. The van der Waals surface area contributed by atoms with Crippen LogP contribution in [-0.4, -0.2) is 4.98 Å². The van der Waals surface area contributed by atoms with Gasteiger partial charge in [-0.25, -0.2) is 4.98 Å². The van der Waals surface area contributed by atoms with Gasteiger partial charge < -0.3 is 5.32 Å². The Kier molecular flexibility index (Phi) is 3.94. The van der Waals surface area contributed by atoms with E-state index in [2.05, 4.69) is 27.3 Å². The normalized spacial score (nSPS) is 13.4. The van der Waals surface area contributed by atoms with E-state index in [1.807, 2.05) is 31.2 Å². The third kappa shape index (κ3) is 2.93. The molecule has 0 fully saturated rings. The van der Waals surface area contributed by atoms with Gasteiger partial charge in [0.05, 0.1) is 5.56 Å². The highest BCUT2D eigenvalue weighted by Crippen LogP contribution is 2.28. The number of nitriles is 1. The summed E-state index contributed by atoms with van der Waals surface area (Å²) in [5.74, 6) is 0.666. The van der Waals surface area contributed by atoms with E-state index >= 15 is 0 Å². The van der Waals surface area contributed by atoms with Crippen LogP contribution in [0.3, 0.4) is 0 Å². The molecule has 4 heteroatoms. The van der Waals surface area contributed by atoms with Crippen LogP contribution in [0, 0.1) is 18.3 Å². The maximum absolute atomic E-state index is 9.38. The van der Waals surface area contributed by atoms with E-state index in [0.29, 0.717) is 11.4 Å². The first-order chi connectivity index (χ1) is 10.2. The molecule has 0 spiro atoms. The molecule has 106 valence electrons. The molecule has 1 aromatic heterocycles. The van der Waals surface area contributed by atoms with Crippen LogP contribution in [0.15, 0.2) is 28.7 Å². The predicted octanol–water partition coefficient (Wildman–Crippen LogP) is 4.65. The molecule has 1 aliphatic rings. The van der Waals surface area contributed by atoms with E-state index in [9.17, 15) is 5.26 Å². The molecule has 0 radical (unpaired) electrons. The Balaban J connectivity index is 2.02. The van der Waals surface area contributed by atoms with Crippen LogP contribution < -0.4 is 5.32 Å². The second kappa shape index (κ2) is 5.87. The molecule has 0 bridgehead atoms. The highest BCUT2D eigenvalue weighted by molar-refractivity contribution is 9.10. The Morgan fingerprint density at radius 1 is 1.24 bits per heavy atom. The number of halogens is 1. The average molecular weight is 342 g/mol. The summed E-state index contributed by atoms with van der Waals surface area (Å²) in [6, 6.07) is 10.3. The number of aromatic nitrogens is 1. The number of anilines is 2. The average Bonchev–Trinajstić information content (AvgIpc) is 2.50. The van der Waals surface area contributed by atoms with E-state index in [1.54, 1.807) is 0 Å². The second-order valence-corrected chi connectivity index (χ2v) is 6.31. The van der Waals surface area contributed by atoms with Gasteiger partial charge in [-0.3, -0.25) is 0 Å². The summed E-state index contributed by atoms with van der Waals surface area (Å²) in [5.41, 5.74) is 5.09. The van der Waals surface area contributed by atoms with Crippen LogP contribution in [0.4, 0.5) is 11.5 Å². The number of aryl methyl sites for hydroxylation is 3. The van der Waals surface area contributed by atoms with Crippen molar-refractivity contribution in [3.05, 3.63) is 51.1 Å². The van der Waals surface area contributed by atoms with Gasteiger partial charge in [-0.1, -0.05) is 22.0 Å². The van der Waals surface area contributed by atoms with Crippen molar-refractivity contribution in [3.63, 3.8) is 0 Å². The molecule has 3 rings (SSSR count). The first-order valence-corrected chi connectivity index (χ1v) is 7.93. The van der Waals surface area contributed by atoms with Crippen molar-refractivity contribution in [2.24, 2.45) is 0 Å². The molecule has 0 aliphatic heterocycles. The van der Waals surface area contributed by atoms with Crippen LogP contribution >= 0.6 is 15.9 Å². The molecule has 0 amide bonds. The fourth-order valence-corrected chi connectivity index (χ4v) is 3.03. The van der Waals surface area contributed by atoms with Gasteiger partial charge >= 0.3 is 0 Å². The monoisotopic (exact) mass is 341 g/mol. The summed E-state index contributed by atoms with van der Waals surface area (Å²) in [6.45, 7) is 2.04. The van der Waals surface area contributed by atoms with Gasteiger partial charge in [-0.2, -0.15) is 5.26 Å². The molecule has 0 atom stereocenters. The Labute approximate surface area is 133 Å². The minimum absolute atomic E-state index is 0.620. The molecule has 1 heterocycles. The molecular formula is C17H16BrN3. The number of pyridine rings is 1. The van der Waals surface area contributed by atoms with Gasteiger partial charge in [0.15, 0.2) is 0 Å². The number of nitrogens with one attached hydrogen (secondary N) is 1. The molecule has 1 aromatic carbocycles. The first-order valence-electron chi connectivity index (χ1n) is 7.13. The summed E-state index contributed by atoms with van der Waals surface area (Å²) >= 11 is 3.48. The van der Waals surface area contributed by atoms with E-state index in [-0.39, 0.29) is 0 Å². The molecule has 2 aromatic rings. The number of fused-ring (bicyclic) bond motifs is 1. The number of benzene rings is 1. The molecule has 3 nitrogen and oxygen atoms in total. The van der Waals surface area contributed by atoms with Crippen molar-refractivity contribution >= 4 is 27.4 Å². The van der Waals surface area contributed by atoms with E-state index in [0.717, 1.165) is 34.3 Å². The maximum atomic E-state index is 9.38. The van der Waals surface area contributed by atoms with Gasteiger partial charge in [0.2, 0.25) is 0 Å². The van der Waals surface area contributed by atoms with E-state index in [4.69, 9.17) is 4.98 Å². The molecular weight excluding hydrogens is 326 g/mol. The summed E-state index contributed by atoms with van der Waals surface area (Å²) < 4.78 is 1.01. The Bertz CT molecular complexity index is 732. The maximum Gasteiger partial charge on any atom is 0.148 e. The SMILES string of the molecule is Cc1ccc(Br)cc1Nc1nc2c(cc1C#N)CCCC2. The van der Waals surface area contributed by atoms with Crippen LogP contribution in [-0.2, 0) is 12.8 Å². The minimum atomic E-state index is 0.620. The fourth-order valence-electron chi connectivity index (χ4n) is 2.67. The summed E-state index contributed by atoms with van der Waals surface area (Å²) in [7, 11) is 0. The molecule has 1 aliphatic carbocycles. The molecule has 21 heavy (non-hydrogen) atoms. The standard InChI is InChI=1S/C17H16BrN3/c1-11-6-7-14(18)9-16(11)21-17-13(10-19)8-12-4-2-3-5-15(12)20-17/h6-9H,2-5H2,1H3,(H,20,21). The summed E-state index contributed by atoms with van der Waals surface area (Å²) in [6.07, 6.45) is 4.42. The highest BCUT2D eigenvalue weighted by atomic mass is 79.9. The zero-order valence-electron chi connectivity index (χ0n) is 11.9. The molecule has 0 saturated carbocycles. The number of hydrogen-bond donors (Lipinski definition) is 1. The second-order valence-electron chi connectivity index (χ2n) is 5.39. The lowest BCUT2D eigenvalue weighted by Crippen LogP contribution is -2.09. The number of hydrogen-bond acceptors (Lipinski definition) is 3. The Hall–Kier alpha value is -1.86. The topological polar surface area (TPSA) is 48.7 Å². The zero-order chi connectivity index (χ0) is 14.8. The minimum Gasteiger partial charge on any atom is -0.339 e. The van der Waals surface area contributed by atoms with Crippen LogP contribution in [0.5, 0.6) is 0 Å². The van der Waals surface area contributed by atoms with Crippen LogP contribution in [0.2, 0.25) is 0 Å². The predicted molar refractivity (Wildman–Crippen MR) is 87.8 cm³/mol. The molecule has 0 saturated heterocycles. The number of nitrogens with zero attached hydrogens (tertiary/aromatic N) is 2. The smallest absolute Gasteiger partial charge is 0.148 e. The quantitative estimate of drug-likeness (QED) is 0.864. The Morgan fingerprint density at radius 2 is 2.05 bits per heavy atom. The highest BCUT2D eigenvalue weighted by Gasteiger charge is 2.15. The van der Waals surface area contributed by atoms with Crippen molar-refractivity contribution in [3.8, 4) is 6.07 Å². The first kappa shape index (κ1) is 14.1. The van der Waals surface area contributed by atoms with Crippen molar-refractivity contribution in [1.82, 2.24) is 4.98 Å². The van der Waals surface area contributed by atoms with Gasteiger partial charge in [0, 0.05) is 15.9 Å². The lowest BCUT2D eigenvalue weighted by Gasteiger charge is -2.18. The van der Waals surface area contributed by atoms with Crippen LogP contribution in [0.1, 0.15) is 35.2 Å². The summed E-state index contributed by atoms with van der Waals surface area (Å²) in [5, 5.41) is 12.7. The van der Waals surface area contributed by atoms with Gasteiger partial charge in [-0.05, 0) is 61.9 Å². The van der Waals surface area contributed by atoms with Crippen LogP contribution in [0.25, 0.3) is 0 Å². The molecule has 0 unspecified atom stereocenters. The fraction of sp³-hybridized carbons (Fsp3) is 0.294. The van der Waals surface area contributed by atoms with E-state index < -0.39 is 0 Å². The van der Waals surface area contributed by atoms with Gasteiger partial charge in [-0.15, -0.1) is 0 Å². The third-order valence-electron chi connectivity index (χ3n) is 3.87. The number of rotatable bonds is 2. The van der Waals surface area contributed by atoms with Crippen molar-refractivity contribution in [1.29, 1.82) is 5.26 Å². The molecule has 1 N–H and O–H groups in total. The van der Waals surface area contributed by atoms with Crippen molar-refractivity contribution < 1.29 is 0 Å².